The van der Waals surface area contributed by atoms with Gasteiger partial charge in [-0.1, -0.05) is 0 Å². The summed E-state index contributed by atoms with van der Waals surface area (Å²) in [6.45, 7) is 0.239. The first kappa shape index (κ1) is 22.7. The first-order valence-corrected chi connectivity index (χ1v) is 11.1. The van der Waals surface area contributed by atoms with Gasteiger partial charge in [-0.2, -0.15) is 0 Å². The van der Waals surface area contributed by atoms with E-state index in [4.69, 9.17) is 14.2 Å². The molecule has 0 spiro atoms. The Bertz CT molecular complexity index is 1000. The van der Waals surface area contributed by atoms with Gasteiger partial charge < -0.3 is 19.5 Å². The quantitative estimate of drug-likeness (QED) is 0.569. The molecule has 2 N–H and O–H groups in total. The summed E-state index contributed by atoms with van der Waals surface area (Å²) in [5, 5.41) is 2.69. The van der Waals surface area contributed by atoms with Gasteiger partial charge in [0, 0.05) is 23.6 Å². The van der Waals surface area contributed by atoms with Crippen molar-refractivity contribution in [3.8, 4) is 11.5 Å². The zero-order chi connectivity index (χ0) is 21.6. The van der Waals surface area contributed by atoms with Crippen LogP contribution in [0.4, 0.5) is 5.69 Å². The number of ether oxygens (including phenoxy) is 3. The van der Waals surface area contributed by atoms with E-state index in [0.29, 0.717) is 22.8 Å². The lowest BCUT2D eigenvalue weighted by Crippen LogP contribution is -2.24. The van der Waals surface area contributed by atoms with Crippen molar-refractivity contribution < 1.29 is 32.2 Å². The van der Waals surface area contributed by atoms with Crippen molar-refractivity contribution in [2.45, 2.75) is 6.42 Å². The molecule has 0 fully saturated rings. The lowest BCUT2D eigenvalue weighted by molar-refractivity contribution is 0.0601. The van der Waals surface area contributed by atoms with Crippen molar-refractivity contribution in [1.82, 2.24) is 4.72 Å². The van der Waals surface area contributed by atoms with Crippen molar-refractivity contribution >= 4 is 38.9 Å². The molecule has 9 nitrogen and oxygen atoms in total. The third-order valence-electron chi connectivity index (χ3n) is 3.80. The SMILES string of the molecule is COC(=O)c1cc(OC)c(OC)cc1NC(=O)c1ccc(CCNS(C)(=O)=O)s1. The lowest BCUT2D eigenvalue weighted by atomic mass is 10.1. The topological polar surface area (TPSA) is 120 Å². The van der Waals surface area contributed by atoms with Gasteiger partial charge in [0.25, 0.3) is 5.91 Å². The van der Waals surface area contributed by atoms with Crippen molar-refractivity contribution in [2.24, 2.45) is 0 Å². The Morgan fingerprint density at radius 1 is 1.07 bits per heavy atom. The van der Waals surface area contributed by atoms with Crippen LogP contribution in [0.2, 0.25) is 0 Å². The number of carbonyl (C=O) groups is 2. The van der Waals surface area contributed by atoms with E-state index in [1.165, 1.54) is 44.8 Å². The number of hydrogen-bond donors (Lipinski definition) is 2. The Hall–Kier alpha value is -2.63. The van der Waals surface area contributed by atoms with Crippen LogP contribution in [0.25, 0.3) is 0 Å². The number of methoxy groups -OCH3 is 3. The molecule has 2 rings (SSSR count). The number of anilines is 1. The molecule has 0 atom stereocenters. The Morgan fingerprint density at radius 2 is 1.72 bits per heavy atom. The second kappa shape index (κ2) is 9.72. The molecule has 1 aromatic carbocycles. The minimum atomic E-state index is -3.26. The molecule has 0 saturated heterocycles. The molecule has 1 amide bonds. The predicted molar refractivity (Wildman–Crippen MR) is 110 cm³/mol. The van der Waals surface area contributed by atoms with Crippen molar-refractivity contribution in [1.29, 1.82) is 0 Å². The monoisotopic (exact) mass is 442 g/mol. The zero-order valence-electron chi connectivity index (χ0n) is 16.4. The summed E-state index contributed by atoms with van der Waals surface area (Å²) in [4.78, 5) is 26.0. The van der Waals surface area contributed by atoms with Gasteiger partial charge in [-0.25, -0.2) is 17.9 Å². The van der Waals surface area contributed by atoms with E-state index in [2.05, 4.69) is 10.0 Å². The molecule has 0 unspecified atom stereocenters. The molecular formula is C18H22N2O7S2. The Labute approximate surface area is 173 Å². The van der Waals surface area contributed by atoms with E-state index in [1.54, 1.807) is 12.1 Å². The summed E-state index contributed by atoms with van der Waals surface area (Å²) in [6, 6.07) is 6.29. The second-order valence-corrected chi connectivity index (χ2v) is 8.88. The number of esters is 1. The average molecular weight is 443 g/mol. The van der Waals surface area contributed by atoms with Gasteiger partial charge in [0.05, 0.1) is 43.7 Å². The summed E-state index contributed by atoms with van der Waals surface area (Å²) < 4.78 is 39.8. The highest BCUT2D eigenvalue weighted by molar-refractivity contribution is 7.88. The van der Waals surface area contributed by atoms with E-state index in [0.717, 1.165) is 11.1 Å². The fraction of sp³-hybridized carbons (Fsp3) is 0.333. The van der Waals surface area contributed by atoms with Crippen molar-refractivity contribution in [3.63, 3.8) is 0 Å². The van der Waals surface area contributed by atoms with Crippen LogP contribution in [0.1, 0.15) is 24.9 Å². The minimum Gasteiger partial charge on any atom is -0.493 e. The van der Waals surface area contributed by atoms with Crippen molar-refractivity contribution in [2.75, 3.05) is 39.4 Å². The highest BCUT2D eigenvalue weighted by Crippen LogP contribution is 2.34. The van der Waals surface area contributed by atoms with E-state index < -0.39 is 21.9 Å². The molecule has 0 radical (unpaired) electrons. The number of sulfonamides is 1. The average Bonchev–Trinajstić information content (AvgIpc) is 3.15. The van der Waals surface area contributed by atoms with Crippen LogP contribution >= 0.6 is 11.3 Å². The van der Waals surface area contributed by atoms with Crippen LogP contribution in [0.15, 0.2) is 24.3 Å². The number of nitrogens with one attached hydrogen (secondary N) is 2. The first-order chi connectivity index (χ1) is 13.7. The van der Waals surface area contributed by atoms with Gasteiger partial charge >= 0.3 is 5.97 Å². The number of amides is 1. The molecule has 158 valence electrons. The standard InChI is InChI=1S/C18H22N2O7S2/c1-25-14-9-12(18(22)27-3)13(10-15(14)26-2)20-17(21)16-6-5-11(28-16)7-8-19-29(4,23)24/h5-6,9-10,19H,7-8H2,1-4H3,(H,20,21). The normalized spacial score (nSPS) is 11.0. The number of hydrogen-bond acceptors (Lipinski definition) is 8. The van der Waals surface area contributed by atoms with Gasteiger partial charge in [0.15, 0.2) is 11.5 Å². The maximum atomic E-state index is 12.6. The summed E-state index contributed by atoms with van der Waals surface area (Å²) >= 11 is 1.23. The van der Waals surface area contributed by atoms with Crippen LogP contribution in [0.3, 0.4) is 0 Å². The lowest BCUT2D eigenvalue weighted by Gasteiger charge is -2.14. The van der Waals surface area contributed by atoms with Gasteiger partial charge in [0.2, 0.25) is 10.0 Å². The third-order valence-corrected chi connectivity index (χ3v) is 5.67. The van der Waals surface area contributed by atoms with E-state index >= 15 is 0 Å². The molecular weight excluding hydrogens is 420 g/mol. The molecule has 1 aromatic heterocycles. The maximum absolute atomic E-state index is 12.6. The summed E-state index contributed by atoms with van der Waals surface area (Å²) in [5.41, 5.74) is 0.334. The number of rotatable bonds is 9. The Kier molecular flexibility index (Phi) is 7.59. The molecule has 0 aliphatic heterocycles. The summed E-state index contributed by atoms with van der Waals surface area (Å²) in [6.07, 6.45) is 1.54. The molecule has 1 heterocycles. The van der Waals surface area contributed by atoms with Gasteiger partial charge in [0.1, 0.15) is 0 Å². The van der Waals surface area contributed by atoms with Gasteiger partial charge in [-0.05, 0) is 18.6 Å². The number of thiophene rings is 1. The van der Waals surface area contributed by atoms with Crippen LogP contribution < -0.4 is 19.5 Å². The molecule has 0 saturated carbocycles. The van der Waals surface area contributed by atoms with Gasteiger partial charge in [-0.3, -0.25) is 4.79 Å². The minimum absolute atomic E-state index is 0.118. The molecule has 0 aliphatic rings. The largest absolute Gasteiger partial charge is 0.493 e. The second-order valence-electron chi connectivity index (χ2n) is 5.88. The van der Waals surface area contributed by atoms with Crippen molar-refractivity contribution in [3.05, 3.63) is 39.6 Å². The smallest absolute Gasteiger partial charge is 0.340 e. The number of carbonyl (C=O) groups excluding carboxylic acids is 2. The molecule has 29 heavy (non-hydrogen) atoms. The molecule has 2 aromatic rings. The fourth-order valence-electron chi connectivity index (χ4n) is 2.44. The maximum Gasteiger partial charge on any atom is 0.340 e. The predicted octanol–water partition coefficient (Wildman–Crippen LogP) is 1.90. The summed E-state index contributed by atoms with van der Waals surface area (Å²) in [5.74, 6) is -0.397. The van der Waals surface area contributed by atoms with Crippen LogP contribution in [0.5, 0.6) is 11.5 Å². The van der Waals surface area contributed by atoms with Crippen LogP contribution in [0, 0.1) is 0 Å². The van der Waals surface area contributed by atoms with Crippen LogP contribution in [-0.4, -0.2) is 54.4 Å². The molecule has 0 bridgehead atoms. The Morgan fingerprint density at radius 3 is 2.31 bits per heavy atom. The first-order valence-electron chi connectivity index (χ1n) is 8.37. The summed E-state index contributed by atoms with van der Waals surface area (Å²) in [7, 11) is 0.849. The highest BCUT2D eigenvalue weighted by Gasteiger charge is 2.20. The molecule has 11 heteroatoms. The van der Waals surface area contributed by atoms with Gasteiger partial charge in [-0.15, -0.1) is 11.3 Å². The fourth-order valence-corrected chi connectivity index (χ4v) is 3.81. The highest BCUT2D eigenvalue weighted by atomic mass is 32.2. The van der Waals surface area contributed by atoms with Crippen LogP contribution in [-0.2, 0) is 21.2 Å². The third kappa shape index (κ3) is 6.17. The Balaban J connectivity index is 2.20. The molecule has 0 aliphatic carbocycles. The van der Waals surface area contributed by atoms with E-state index in [-0.39, 0.29) is 17.8 Å². The number of benzene rings is 1. The van der Waals surface area contributed by atoms with E-state index in [9.17, 15) is 18.0 Å². The van der Waals surface area contributed by atoms with E-state index in [1.807, 2.05) is 0 Å². The zero-order valence-corrected chi connectivity index (χ0v) is 18.0.